The van der Waals surface area contributed by atoms with E-state index in [4.69, 9.17) is 0 Å². The minimum Gasteiger partial charge on any atom is -0.309 e. The minimum atomic E-state index is -4.63. The summed E-state index contributed by atoms with van der Waals surface area (Å²) >= 11 is 0. The van der Waals surface area contributed by atoms with E-state index in [1.54, 1.807) is 44.2 Å². The number of amides is 2. The normalized spacial score (nSPS) is 13.0. The highest BCUT2D eigenvalue weighted by molar-refractivity contribution is 7.93. The monoisotopic (exact) mass is 494 g/mol. The molecule has 0 aliphatic heterocycles. The van der Waals surface area contributed by atoms with Gasteiger partial charge in [0.05, 0.1) is 11.0 Å². The Kier molecular flexibility index (Phi) is 8.80. The number of carbonyl (C=O) groups excluding carboxylic acids is 2. The van der Waals surface area contributed by atoms with E-state index in [0.29, 0.717) is 5.56 Å². The zero-order valence-corrected chi connectivity index (χ0v) is 19.4. The van der Waals surface area contributed by atoms with Crippen LogP contribution in [0.3, 0.4) is 0 Å². The summed E-state index contributed by atoms with van der Waals surface area (Å²) in [6, 6.07) is 12.0. The maximum Gasteiger partial charge on any atom is 0.416 e. The number of sulfonamides is 1. The lowest BCUT2D eigenvalue weighted by atomic mass is 10.0. The highest BCUT2D eigenvalue weighted by atomic mass is 32.2. The molecule has 0 bridgehead atoms. The molecule has 0 saturated carbocycles. The molecule has 2 rings (SSSR count). The molecule has 0 spiro atoms. The van der Waals surface area contributed by atoms with Crippen molar-refractivity contribution in [3.8, 4) is 0 Å². The van der Waals surface area contributed by atoms with E-state index in [-0.39, 0.29) is 12.1 Å². The number of allylic oxidation sites excluding steroid dienone is 1. The summed E-state index contributed by atoms with van der Waals surface area (Å²) in [6.45, 7) is 6.64. The second-order valence-corrected chi connectivity index (χ2v) is 9.22. The average Bonchev–Trinajstić information content (AvgIpc) is 2.76. The first-order valence-corrected chi connectivity index (χ1v) is 11.8. The number of rotatable bonds is 9. The lowest BCUT2D eigenvalue weighted by Gasteiger charge is -2.30. The molecular formula is C24H25F3N2O4S. The molecule has 0 heterocycles. The second kappa shape index (κ2) is 11.1. The van der Waals surface area contributed by atoms with Gasteiger partial charge in [0.1, 0.15) is 5.92 Å². The first-order chi connectivity index (χ1) is 15.9. The summed E-state index contributed by atoms with van der Waals surface area (Å²) in [5, 5.41) is 0.794. The third-order valence-electron chi connectivity index (χ3n) is 4.70. The van der Waals surface area contributed by atoms with E-state index in [0.717, 1.165) is 28.5 Å². The van der Waals surface area contributed by atoms with Gasteiger partial charge in [-0.3, -0.25) is 9.59 Å². The van der Waals surface area contributed by atoms with Crippen LogP contribution in [-0.2, 0) is 25.8 Å². The van der Waals surface area contributed by atoms with Gasteiger partial charge in [0.2, 0.25) is 11.8 Å². The summed E-state index contributed by atoms with van der Waals surface area (Å²) in [5.41, 5.74) is -0.445. The van der Waals surface area contributed by atoms with Gasteiger partial charge in [-0.1, -0.05) is 42.5 Å². The van der Waals surface area contributed by atoms with Crippen molar-refractivity contribution in [1.29, 1.82) is 0 Å². The van der Waals surface area contributed by atoms with Gasteiger partial charge in [0, 0.05) is 11.7 Å². The van der Waals surface area contributed by atoms with Crippen molar-refractivity contribution in [2.24, 2.45) is 5.92 Å². The molecule has 0 saturated heterocycles. The van der Waals surface area contributed by atoms with E-state index in [1.165, 1.54) is 18.2 Å². The maximum absolute atomic E-state index is 13.3. The molecule has 0 aromatic heterocycles. The van der Waals surface area contributed by atoms with Crippen molar-refractivity contribution < 1.29 is 31.2 Å². The SMILES string of the molecule is C=CCC(C(=O)NS(=O)(=O)/C=C/c1ccccc1)C(=O)N(c1cccc(C(F)(F)F)c1)C(C)C. The van der Waals surface area contributed by atoms with Crippen LogP contribution < -0.4 is 9.62 Å². The van der Waals surface area contributed by atoms with Crippen molar-refractivity contribution in [2.45, 2.75) is 32.5 Å². The molecule has 34 heavy (non-hydrogen) atoms. The summed E-state index contributed by atoms with van der Waals surface area (Å²) < 4.78 is 66.1. The van der Waals surface area contributed by atoms with Crippen LogP contribution in [-0.4, -0.2) is 26.3 Å². The fourth-order valence-electron chi connectivity index (χ4n) is 3.14. The molecule has 10 heteroatoms. The van der Waals surface area contributed by atoms with Crippen LogP contribution in [0, 0.1) is 5.92 Å². The third-order valence-corrected chi connectivity index (χ3v) is 5.68. The van der Waals surface area contributed by atoms with Gasteiger partial charge in [-0.2, -0.15) is 13.2 Å². The lowest BCUT2D eigenvalue weighted by molar-refractivity contribution is -0.138. The molecule has 1 atom stereocenters. The molecule has 0 aliphatic carbocycles. The third kappa shape index (κ3) is 7.31. The van der Waals surface area contributed by atoms with Gasteiger partial charge in [0.15, 0.2) is 0 Å². The van der Waals surface area contributed by atoms with Gasteiger partial charge in [-0.25, -0.2) is 13.1 Å². The van der Waals surface area contributed by atoms with Gasteiger partial charge in [-0.05, 0) is 50.1 Å². The van der Waals surface area contributed by atoms with Crippen molar-refractivity contribution >= 4 is 33.6 Å². The Balaban J connectivity index is 2.32. The van der Waals surface area contributed by atoms with Crippen LogP contribution in [0.5, 0.6) is 0 Å². The average molecular weight is 495 g/mol. The zero-order valence-electron chi connectivity index (χ0n) is 18.6. The number of nitrogens with one attached hydrogen (secondary N) is 1. The Morgan fingerprint density at radius 3 is 2.29 bits per heavy atom. The zero-order chi connectivity index (χ0) is 25.5. The van der Waals surface area contributed by atoms with Crippen molar-refractivity contribution in [2.75, 3.05) is 4.90 Å². The molecule has 2 amide bonds. The van der Waals surface area contributed by atoms with Crippen molar-refractivity contribution in [3.05, 3.63) is 83.8 Å². The second-order valence-electron chi connectivity index (χ2n) is 7.65. The highest BCUT2D eigenvalue weighted by Gasteiger charge is 2.35. The van der Waals surface area contributed by atoms with Gasteiger partial charge in [0.25, 0.3) is 10.0 Å². The number of alkyl halides is 3. The number of anilines is 1. The maximum atomic E-state index is 13.3. The Morgan fingerprint density at radius 1 is 1.09 bits per heavy atom. The number of halogens is 3. The van der Waals surface area contributed by atoms with Crippen LogP contribution in [0.1, 0.15) is 31.4 Å². The lowest BCUT2D eigenvalue weighted by Crippen LogP contribution is -2.47. The predicted octanol–water partition coefficient (Wildman–Crippen LogP) is 4.76. The largest absolute Gasteiger partial charge is 0.416 e. The highest BCUT2D eigenvalue weighted by Crippen LogP contribution is 2.32. The fraction of sp³-hybridized carbons (Fsp3) is 0.250. The van der Waals surface area contributed by atoms with Crippen LogP contribution in [0.2, 0.25) is 0 Å². The molecule has 6 nitrogen and oxygen atoms in total. The van der Waals surface area contributed by atoms with Gasteiger partial charge >= 0.3 is 6.18 Å². The Labute approximate surface area is 196 Å². The van der Waals surface area contributed by atoms with Crippen LogP contribution in [0.15, 0.2) is 72.7 Å². The number of nitrogens with zero attached hydrogens (tertiary/aromatic N) is 1. The smallest absolute Gasteiger partial charge is 0.309 e. The Morgan fingerprint density at radius 2 is 1.74 bits per heavy atom. The van der Waals surface area contributed by atoms with E-state index < -0.39 is 45.5 Å². The summed E-state index contributed by atoms with van der Waals surface area (Å²) in [6.07, 6.45) is -2.30. The fourth-order valence-corrected chi connectivity index (χ4v) is 3.97. The van der Waals surface area contributed by atoms with E-state index in [1.807, 2.05) is 4.72 Å². The molecule has 2 aromatic rings. The molecule has 1 N–H and O–H groups in total. The number of benzene rings is 2. The standard InChI is InChI=1S/C24H25F3N2O4S/c1-4-9-21(22(30)28-34(32,33)15-14-18-10-6-5-7-11-18)23(31)29(17(2)3)20-13-8-12-19(16-20)24(25,26)27/h4-8,10-17,21H,1,9H2,2-3H3,(H,28,30)/b15-14+. The first-order valence-electron chi connectivity index (χ1n) is 10.3. The minimum absolute atomic E-state index is 0.0662. The number of carbonyl (C=O) groups is 2. The number of hydrogen-bond acceptors (Lipinski definition) is 4. The predicted molar refractivity (Wildman–Crippen MR) is 125 cm³/mol. The van der Waals surface area contributed by atoms with Crippen LogP contribution >= 0.6 is 0 Å². The van der Waals surface area contributed by atoms with Crippen LogP contribution in [0.4, 0.5) is 18.9 Å². The molecule has 2 aromatic carbocycles. The summed E-state index contributed by atoms with van der Waals surface area (Å²) in [7, 11) is -4.25. The van der Waals surface area contributed by atoms with E-state index in [2.05, 4.69) is 6.58 Å². The first kappa shape index (κ1) is 26.8. The molecule has 1 unspecified atom stereocenters. The Bertz CT molecular complexity index is 1160. The molecule has 0 radical (unpaired) electrons. The quantitative estimate of drug-likeness (QED) is 0.403. The summed E-state index contributed by atoms with van der Waals surface area (Å²) in [5.74, 6) is -3.48. The van der Waals surface area contributed by atoms with Crippen LogP contribution in [0.25, 0.3) is 6.08 Å². The van der Waals surface area contributed by atoms with Gasteiger partial charge < -0.3 is 4.90 Å². The van der Waals surface area contributed by atoms with Crippen molar-refractivity contribution in [3.63, 3.8) is 0 Å². The molecule has 0 aliphatic rings. The molecule has 182 valence electrons. The molecule has 0 fully saturated rings. The topological polar surface area (TPSA) is 83.5 Å². The Hall–Kier alpha value is -3.40. The molecular weight excluding hydrogens is 469 g/mol. The number of hydrogen-bond donors (Lipinski definition) is 1. The van der Waals surface area contributed by atoms with Gasteiger partial charge in [-0.15, -0.1) is 6.58 Å². The van der Waals surface area contributed by atoms with E-state index in [9.17, 15) is 31.2 Å². The van der Waals surface area contributed by atoms with E-state index >= 15 is 0 Å². The van der Waals surface area contributed by atoms with Crippen molar-refractivity contribution in [1.82, 2.24) is 4.72 Å². The summed E-state index contributed by atoms with van der Waals surface area (Å²) in [4.78, 5) is 27.1.